The van der Waals surface area contributed by atoms with Crippen LogP contribution in [0.2, 0.25) is 0 Å². The summed E-state index contributed by atoms with van der Waals surface area (Å²) in [5, 5.41) is 16.9. The molecule has 3 heterocycles. The number of halogens is 1. The molecule has 1 aromatic carbocycles. The first-order chi connectivity index (χ1) is 14.7. The van der Waals surface area contributed by atoms with Crippen molar-refractivity contribution < 1.29 is 19.1 Å². The van der Waals surface area contributed by atoms with Crippen LogP contribution in [0.3, 0.4) is 0 Å². The molecule has 0 saturated carbocycles. The molecule has 1 atom stereocenters. The zero-order chi connectivity index (χ0) is 22.3. The minimum atomic E-state index is -1.57. The van der Waals surface area contributed by atoms with Crippen molar-refractivity contribution in [2.24, 2.45) is 0 Å². The summed E-state index contributed by atoms with van der Waals surface area (Å²) in [6, 6.07) is 5.24. The summed E-state index contributed by atoms with van der Waals surface area (Å²) in [6.07, 6.45) is 3.78. The smallest absolute Gasteiger partial charge is 0.261 e. The summed E-state index contributed by atoms with van der Waals surface area (Å²) in [6.45, 7) is 4.70. The fourth-order valence-electron chi connectivity index (χ4n) is 3.62. The molecule has 0 radical (unpaired) electrons. The molecule has 1 aliphatic rings. The van der Waals surface area contributed by atoms with Gasteiger partial charge in [0.05, 0.1) is 18.3 Å². The molecule has 8 nitrogen and oxygen atoms in total. The quantitative estimate of drug-likeness (QED) is 0.632. The molecule has 2 N–H and O–H groups in total. The number of fused-ring (bicyclic) bond motifs is 2. The van der Waals surface area contributed by atoms with E-state index in [1.54, 1.807) is 30.6 Å². The van der Waals surface area contributed by atoms with Crippen LogP contribution in [0, 0.1) is 0 Å². The Bertz CT molecular complexity index is 1170. The van der Waals surface area contributed by atoms with Crippen molar-refractivity contribution in [3.05, 3.63) is 59.0 Å². The van der Waals surface area contributed by atoms with E-state index in [1.807, 2.05) is 6.92 Å². The Balaban J connectivity index is 1.59. The number of carbonyl (C=O) groups excluding carboxylic acids is 2. The number of amides is 2. The number of aliphatic hydroxyl groups is 1. The highest BCUT2D eigenvalue weighted by Gasteiger charge is 2.35. The lowest BCUT2D eigenvalue weighted by Crippen LogP contribution is -2.42. The lowest BCUT2D eigenvalue weighted by molar-refractivity contribution is -0.0159. The molecule has 0 spiro atoms. The summed E-state index contributed by atoms with van der Waals surface area (Å²) in [7, 11) is 0. The van der Waals surface area contributed by atoms with Gasteiger partial charge >= 0.3 is 0 Å². The molecule has 0 fully saturated rings. The Morgan fingerprint density at radius 2 is 2.16 bits per heavy atom. The summed E-state index contributed by atoms with van der Waals surface area (Å²) >= 11 is 0. The molecule has 1 aliphatic heterocycles. The number of anilines is 1. The molecule has 0 aliphatic carbocycles. The van der Waals surface area contributed by atoms with E-state index in [0.29, 0.717) is 34.4 Å². The highest BCUT2D eigenvalue weighted by Crippen LogP contribution is 2.31. The average molecular weight is 425 g/mol. The van der Waals surface area contributed by atoms with Crippen molar-refractivity contribution in [2.45, 2.75) is 45.5 Å². The van der Waals surface area contributed by atoms with Crippen LogP contribution in [0.4, 0.5) is 10.1 Å². The van der Waals surface area contributed by atoms with Crippen molar-refractivity contribution in [3.8, 4) is 0 Å². The Hall–Kier alpha value is -3.33. The number of rotatable bonds is 6. The van der Waals surface area contributed by atoms with Crippen LogP contribution in [-0.2, 0) is 13.0 Å². The number of hydrogen-bond acceptors (Lipinski definition) is 5. The molecule has 2 amide bonds. The number of nitrogens with zero attached hydrogens (tertiary/aromatic N) is 4. The predicted molar refractivity (Wildman–Crippen MR) is 113 cm³/mol. The lowest BCUT2D eigenvalue weighted by Gasteiger charge is -2.26. The van der Waals surface area contributed by atoms with E-state index in [1.165, 1.54) is 29.5 Å². The summed E-state index contributed by atoms with van der Waals surface area (Å²) < 4.78 is 15.8. The molecule has 9 heteroatoms. The Morgan fingerprint density at radius 3 is 2.87 bits per heavy atom. The van der Waals surface area contributed by atoms with Gasteiger partial charge in [-0.05, 0) is 49.6 Å². The van der Waals surface area contributed by atoms with Gasteiger partial charge in [-0.2, -0.15) is 5.10 Å². The molecule has 0 saturated heterocycles. The van der Waals surface area contributed by atoms with Gasteiger partial charge in [0.25, 0.3) is 11.8 Å². The van der Waals surface area contributed by atoms with E-state index < -0.39 is 11.8 Å². The maximum Gasteiger partial charge on any atom is 0.261 e. The zero-order valence-corrected chi connectivity index (χ0v) is 17.6. The number of nitrogens with one attached hydrogen (secondary N) is 1. The zero-order valence-electron chi connectivity index (χ0n) is 17.6. The minimum Gasteiger partial charge on any atom is -0.387 e. The van der Waals surface area contributed by atoms with Gasteiger partial charge < -0.3 is 15.3 Å². The normalized spacial score (nSPS) is 14.7. The molecule has 0 bridgehead atoms. The van der Waals surface area contributed by atoms with E-state index in [4.69, 9.17) is 0 Å². The van der Waals surface area contributed by atoms with Gasteiger partial charge in [0.15, 0.2) is 5.65 Å². The summed E-state index contributed by atoms with van der Waals surface area (Å²) in [5.74, 6) is -0.628. The van der Waals surface area contributed by atoms with E-state index in [-0.39, 0.29) is 24.9 Å². The van der Waals surface area contributed by atoms with Gasteiger partial charge in [-0.15, -0.1) is 0 Å². The maximum atomic E-state index is 14.3. The second kappa shape index (κ2) is 7.73. The van der Waals surface area contributed by atoms with Gasteiger partial charge in [0.2, 0.25) is 0 Å². The van der Waals surface area contributed by atoms with Crippen LogP contribution in [0.5, 0.6) is 0 Å². The summed E-state index contributed by atoms with van der Waals surface area (Å²) in [5.41, 5.74) is 1.84. The van der Waals surface area contributed by atoms with Crippen molar-refractivity contribution in [1.82, 2.24) is 19.5 Å². The molecule has 31 heavy (non-hydrogen) atoms. The first kappa shape index (κ1) is 20.9. The lowest BCUT2D eigenvalue weighted by atomic mass is 10.0. The second-order valence-electron chi connectivity index (χ2n) is 8.23. The minimum absolute atomic E-state index is 0.200. The molecule has 1 unspecified atom stereocenters. The topological polar surface area (TPSA) is 99.8 Å². The molecule has 2 aromatic heterocycles. The van der Waals surface area contributed by atoms with Gasteiger partial charge in [-0.25, -0.2) is 13.9 Å². The third kappa shape index (κ3) is 3.88. The highest BCUT2D eigenvalue weighted by atomic mass is 19.1. The van der Waals surface area contributed by atoms with Crippen molar-refractivity contribution in [3.63, 3.8) is 0 Å². The van der Waals surface area contributed by atoms with E-state index in [9.17, 15) is 19.1 Å². The van der Waals surface area contributed by atoms with Crippen LogP contribution >= 0.6 is 0 Å². The fraction of sp³-hybridized carbons (Fsp3) is 0.364. The number of hydrogen-bond donors (Lipinski definition) is 2. The van der Waals surface area contributed by atoms with E-state index in [0.717, 1.165) is 5.56 Å². The Morgan fingerprint density at radius 1 is 1.39 bits per heavy atom. The van der Waals surface area contributed by atoms with Gasteiger partial charge in [0.1, 0.15) is 11.7 Å². The van der Waals surface area contributed by atoms with Crippen molar-refractivity contribution in [2.75, 3.05) is 11.9 Å². The fourth-order valence-corrected chi connectivity index (χ4v) is 3.62. The number of aryl methyl sites for hydroxylation is 1. The standard InChI is InChI=1S/C22H24FN5O3/c1-4-13-8-15-14(11-27(21(15)30)12-18(23)22(2,3)31)9-17(13)26-20(29)16-10-25-28-7-5-6-24-19(16)28/h5-10,18,31H,4,11-12H2,1-3H3,(H,26,29). The van der Waals surface area contributed by atoms with E-state index >= 15 is 0 Å². The van der Waals surface area contributed by atoms with Crippen LogP contribution < -0.4 is 5.32 Å². The third-order valence-electron chi connectivity index (χ3n) is 5.51. The SMILES string of the molecule is CCc1cc2c(cc1NC(=O)c1cnn3cccnc13)CN(CC(F)C(C)(C)O)C2=O. The number of alkyl halides is 1. The Labute approximate surface area is 178 Å². The highest BCUT2D eigenvalue weighted by molar-refractivity contribution is 6.09. The largest absolute Gasteiger partial charge is 0.387 e. The number of carbonyl (C=O) groups is 2. The molecule has 3 aromatic rings. The van der Waals surface area contributed by atoms with Gasteiger partial charge in [0, 0.05) is 30.2 Å². The van der Waals surface area contributed by atoms with Crippen molar-refractivity contribution in [1.29, 1.82) is 0 Å². The van der Waals surface area contributed by atoms with Crippen LogP contribution in [0.25, 0.3) is 5.65 Å². The average Bonchev–Trinajstić information content (AvgIpc) is 3.28. The Kier molecular flexibility index (Phi) is 5.22. The number of aromatic nitrogens is 3. The van der Waals surface area contributed by atoms with Crippen LogP contribution in [-0.4, -0.2) is 54.7 Å². The molecular formula is C22H24FN5O3. The first-order valence-corrected chi connectivity index (χ1v) is 10.1. The van der Waals surface area contributed by atoms with Gasteiger partial charge in [-0.1, -0.05) is 6.92 Å². The molecular weight excluding hydrogens is 401 g/mol. The predicted octanol–water partition coefficient (Wildman–Crippen LogP) is 2.61. The molecule has 162 valence electrons. The van der Waals surface area contributed by atoms with E-state index in [2.05, 4.69) is 15.4 Å². The third-order valence-corrected chi connectivity index (χ3v) is 5.51. The maximum absolute atomic E-state index is 14.3. The van der Waals surface area contributed by atoms with Gasteiger partial charge in [-0.3, -0.25) is 9.59 Å². The van der Waals surface area contributed by atoms with Crippen molar-refractivity contribution >= 4 is 23.1 Å². The first-order valence-electron chi connectivity index (χ1n) is 10.1. The number of benzene rings is 1. The van der Waals surface area contributed by atoms with Crippen LogP contribution in [0.1, 0.15) is 52.6 Å². The van der Waals surface area contributed by atoms with Crippen LogP contribution in [0.15, 0.2) is 36.8 Å². The summed E-state index contributed by atoms with van der Waals surface area (Å²) in [4.78, 5) is 31.2. The monoisotopic (exact) mass is 425 g/mol. The molecule has 4 rings (SSSR count). The second-order valence-corrected chi connectivity index (χ2v) is 8.23.